The second-order valence-electron chi connectivity index (χ2n) is 6.22. The number of nitrogens with one attached hydrogen (secondary N) is 1. The highest BCUT2D eigenvalue weighted by atomic mass is 16.7. The molecule has 0 rings (SSSR count). The van der Waals surface area contributed by atoms with Gasteiger partial charge in [-0.2, -0.15) is 5.06 Å². The second-order valence-corrected chi connectivity index (χ2v) is 6.22. The van der Waals surface area contributed by atoms with Gasteiger partial charge in [-0.1, -0.05) is 33.6 Å². The molecule has 0 aliphatic heterocycles. The molecule has 1 atom stereocenters. The smallest absolute Gasteiger partial charge is 0.263 e. The van der Waals surface area contributed by atoms with E-state index in [-0.39, 0.29) is 11.5 Å². The monoisotopic (exact) mass is 274 g/mol. The Morgan fingerprint density at radius 2 is 1.89 bits per heavy atom. The first-order valence-corrected chi connectivity index (χ1v) is 7.12. The minimum atomic E-state index is -0.485. The lowest BCUT2D eigenvalue weighted by molar-refractivity contribution is -0.254. The third-order valence-corrected chi connectivity index (χ3v) is 2.69. The van der Waals surface area contributed by atoms with Gasteiger partial charge in [0.2, 0.25) is 0 Å². The Hall–Kier alpha value is -0.650. The van der Waals surface area contributed by atoms with Crippen LogP contribution in [0.5, 0.6) is 0 Å². The molecule has 0 spiro atoms. The van der Waals surface area contributed by atoms with Crippen LogP contribution >= 0.6 is 0 Å². The number of unbranched alkanes of at least 4 members (excludes halogenated alkanes) is 2. The lowest BCUT2D eigenvalue weighted by Crippen LogP contribution is -2.51. The fourth-order valence-corrected chi connectivity index (χ4v) is 1.94. The van der Waals surface area contributed by atoms with Crippen LogP contribution < -0.4 is 5.48 Å². The Kier molecular flexibility index (Phi) is 8.22. The van der Waals surface area contributed by atoms with Gasteiger partial charge in [-0.05, 0) is 33.1 Å². The van der Waals surface area contributed by atoms with Crippen LogP contribution in [0, 0.1) is 5.92 Å². The summed E-state index contributed by atoms with van der Waals surface area (Å²) >= 11 is 0. The van der Waals surface area contributed by atoms with Gasteiger partial charge in [0.05, 0.1) is 5.60 Å². The number of carbonyl (C=O) groups is 1. The number of nitrogens with zero attached hydrogens (tertiary/aromatic N) is 1. The maximum atomic E-state index is 11.8. The summed E-state index contributed by atoms with van der Waals surface area (Å²) in [6.45, 7) is 12.6. The summed E-state index contributed by atoms with van der Waals surface area (Å²) in [5, 5.41) is 10.6. The number of amides is 1. The van der Waals surface area contributed by atoms with Gasteiger partial charge in [-0.15, -0.1) is 0 Å². The van der Waals surface area contributed by atoms with E-state index in [0.717, 1.165) is 19.3 Å². The van der Waals surface area contributed by atoms with E-state index in [4.69, 9.17) is 10.0 Å². The SMILES string of the molecule is CCCCCN(OC(C)(C)C)C(C(=O)NO)C(C)C. The van der Waals surface area contributed by atoms with Crippen molar-refractivity contribution >= 4 is 5.91 Å². The summed E-state index contributed by atoms with van der Waals surface area (Å²) in [6, 6.07) is -0.485. The van der Waals surface area contributed by atoms with Crippen molar-refractivity contribution in [3.05, 3.63) is 0 Å². The summed E-state index contributed by atoms with van der Waals surface area (Å²) in [5.74, 6) is -0.369. The minimum absolute atomic E-state index is 0.0520. The molecule has 0 aromatic carbocycles. The molecule has 0 aliphatic carbocycles. The highest BCUT2D eigenvalue weighted by Gasteiger charge is 2.32. The first-order valence-electron chi connectivity index (χ1n) is 7.12. The Morgan fingerprint density at radius 1 is 1.32 bits per heavy atom. The molecular weight excluding hydrogens is 244 g/mol. The van der Waals surface area contributed by atoms with Crippen LogP contribution in [0.15, 0.2) is 0 Å². The zero-order chi connectivity index (χ0) is 15.1. The molecule has 0 aliphatic rings. The van der Waals surface area contributed by atoms with Crippen molar-refractivity contribution < 1.29 is 14.8 Å². The van der Waals surface area contributed by atoms with Crippen LogP contribution in [0.25, 0.3) is 0 Å². The van der Waals surface area contributed by atoms with Crippen LogP contribution in [0.2, 0.25) is 0 Å². The lowest BCUT2D eigenvalue weighted by atomic mass is 10.0. The predicted molar refractivity (Wildman–Crippen MR) is 75.6 cm³/mol. The molecule has 0 fully saturated rings. The van der Waals surface area contributed by atoms with Crippen LogP contribution in [0.4, 0.5) is 0 Å². The number of hydrogen-bond acceptors (Lipinski definition) is 4. The van der Waals surface area contributed by atoms with E-state index in [0.29, 0.717) is 6.54 Å². The molecule has 0 heterocycles. The van der Waals surface area contributed by atoms with Gasteiger partial charge in [0.25, 0.3) is 5.91 Å². The van der Waals surface area contributed by atoms with Gasteiger partial charge < -0.3 is 0 Å². The van der Waals surface area contributed by atoms with E-state index in [9.17, 15) is 4.79 Å². The number of rotatable bonds is 8. The standard InChI is InChI=1S/C14H30N2O3/c1-7-8-9-10-16(19-14(4,5)6)12(11(2)3)13(17)15-18/h11-12,18H,7-10H2,1-6H3,(H,15,17). The second kappa shape index (κ2) is 8.51. The normalized spacial score (nSPS) is 13.9. The highest BCUT2D eigenvalue weighted by molar-refractivity contribution is 5.80. The van der Waals surface area contributed by atoms with Crippen LogP contribution in [-0.2, 0) is 9.63 Å². The van der Waals surface area contributed by atoms with Crippen molar-refractivity contribution in [2.45, 2.75) is 72.4 Å². The van der Waals surface area contributed by atoms with Crippen molar-refractivity contribution in [1.29, 1.82) is 0 Å². The van der Waals surface area contributed by atoms with Crippen molar-refractivity contribution in [3.63, 3.8) is 0 Å². The molecule has 0 saturated carbocycles. The van der Waals surface area contributed by atoms with E-state index in [1.165, 1.54) is 0 Å². The Labute approximate surface area is 117 Å². The molecule has 2 N–H and O–H groups in total. The third-order valence-electron chi connectivity index (χ3n) is 2.69. The van der Waals surface area contributed by atoms with Gasteiger partial charge in [0.1, 0.15) is 6.04 Å². The lowest BCUT2D eigenvalue weighted by Gasteiger charge is -2.36. The average Bonchev–Trinajstić information content (AvgIpc) is 2.26. The minimum Gasteiger partial charge on any atom is -0.293 e. The molecule has 1 unspecified atom stereocenters. The van der Waals surface area contributed by atoms with Gasteiger partial charge >= 0.3 is 0 Å². The molecule has 0 radical (unpaired) electrons. The summed E-state index contributed by atoms with van der Waals surface area (Å²) in [5.41, 5.74) is 1.38. The van der Waals surface area contributed by atoms with E-state index in [1.807, 2.05) is 34.6 Å². The molecule has 19 heavy (non-hydrogen) atoms. The first kappa shape index (κ1) is 18.4. The van der Waals surface area contributed by atoms with E-state index in [1.54, 1.807) is 10.5 Å². The fourth-order valence-electron chi connectivity index (χ4n) is 1.94. The number of hydrogen-bond donors (Lipinski definition) is 2. The van der Waals surface area contributed by atoms with E-state index in [2.05, 4.69) is 6.92 Å². The van der Waals surface area contributed by atoms with Crippen LogP contribution in [0.3, 0.4) is 0 Å². The Bertz CT molecular complexity index is 262. The summed E-state index contributed by atoms with van der Waals surface area (Å²) < 4.78 is 0. The molecule has 1 amide bonds. The van der Waals surface area contributed by atoms with Crippen molar-refractivity contribution in [3.8, 4) is 0 Å². The maximum absolute atomic E-state index is 11.8. The van der Waals surface area contributed by atoms with Gasteiger partial charge in [-0.25, -0.2) is 5.48 Å². The zero-order valence-corrected chi connectivity index (χ0v) is 13.2. The largest absolute Gasteiger partial charge is 0.293 e. The molecule has 0 bridgehead atoms. The number of carbonyl (C=O) groups excluding carboxylic acids is 1. The average molecular weight is 274 g/mol. The predicted octanol–water partition coefficient (Wildman–Crippen LogP) is 2.74. The zero-order valence-electron chi connectivity index (χ0n) is 13.2. The summed E-state index contributed by atoms with van der Waals surface area (Å²) in [4.78, 5) is 17.7. The quantitative estimate of drug-likeness (QED) is 0.406. The summed E-state index contributed by atoms with van der Waals surface area (Å²) in [6.07, 6.45) is 3.17. The Balaban J connectivity index is 4.88. The van der Waals surface area contributed by atoms with E-state index < -0.39 is 11.9 Å². The molecule has 0 saturated heterocycles. The Morgan fingerprint density at radius 3 is 2.26 bits per heavy atom. The van der Waals surface area contributed by atoms with Crippen molar-refractivity contribution in [2.75, 3.05) is 6.54 Å². The molecule has 0 aromatic heterocycles. The third kappa shape index (κ3) is 7.50. The van der Waals surface area contributed by atoms with Gasteiger partial charge in [0.15, 0.2) is 0 Å². The first-order chi connectivity index (χ1) is 8.72. The maximum Gasteiger partial charge on any atom is 0.263 e. The van der Waals surface area contributed by atoms with Crippen LogP contribution in [0.1, 0.15) is 60.8 Å². The van der Waals surface area contributed by atoms with Crippen molar-refractivity contribution in [1.82, 2.24) is 10.5 Å². The topological polar surface area (TPSA) is 61.8 Å². The van der Waals surface area contributed by atoms with Crippen molar-refractivity contribution in [2.24, 2.45) is 5.92 Å². The van der Waals surface area contributed by atoms with E-state index >= 15 is 0 Å². The molecular formula is C14H30N2O3. The van der Waals surface area contributed by atoms with Gasteiger partial charge in [0, 0.05) is 6.54 Å². The molecule has 0 aromatic rings. The summed E-state index contributed by atoms with van der Waals surface area (Å²) in [7, 11) is 0. The van der Waals surface area contributed by atoms with Gasteiger partial charge in [-0.3, -0.25) is 14.8 Å². The molecule has 5 heteroatoms. The molecule has 5 nitrogen and oxygen atoms in total. The van der Waals surface area contributed by atoms with Crippen LogP contribution in [-0.4, -0.2) is 34.4 Å². The highest BCUT2D eigenvalue weighted by Crippen LogP contribution is 2.19. The fraction of sp³-hybridized carbons (Fsp3) is 0.929. The number of hydroxylamine groups is 3. The molecule has 114 valence electrons.